The second-order valence-electron chi connectivity index (χ2n) is 6.13. The number of anilines is 1. The molecule has 1 N–H and O–H groups in total. The zero-order valence-corrected chi connectivity index (χ0v) is 15.9. The Labute approximate surface area is 161 Å². The first kappa shape index (κ1) is 17.6. The first-order valence-corrected chi connectivity index (χ1v) is 10.0. The Kier molecular flexibility index (Phi) is 4.37. The highest BCUT2D eigenvalue weighted by Gasteiger charge is 2.15. The molecule has 4 aromatic rings. The van der Waals surface area contributed by atoms with Gasteiger partial charge >= 0.3 is 0 Å². The number of rotatable bonds is 4. The number of nitrogens with zero attached hydrogens (tertiary/aromatic N) is 1. The molecule has 0 amide bonds. The minimum atomic E-state index is -3.72. The second kappa shape index (κ2) is 6.72. The molecule has 7 heteroatoms. The lowest BCUT2D eigenvalue weighted by atomic mass is 10.2. The van der Waals surface area contributed by atoms with Crippen LogP contribution in [0.15, 0.2) is 76.0 Å². The first-order chi connectivity index (χ1) is 12.9. The molecule has 0 saturated carbocycles. The number of benzene rings is 3. The van der Waals surface area contributed by atoms with Gasteiger partial charge in [0.25, 0.3) is 10.0 Å². The zero-order chi connectivity index (χ0) is 19.0. The molecule has 0 unspecified atom stereocenters. The molecular weight excluding hydrogens is 384 g/mol. The Morgan fingerprint density at radius 1 is 1.00 bits per heavy atom. The highest BCUT2D eigenvalue weighted by Crippen LogP contribution is 2.27. The van der Waals surface area contributed by atoms with Crippen LogP contribution in [0.5, 0.6) is 0 Å². The molecule has 136 valence electrons. The number of halogens is 1. The van der Waals surface area contributed by atoms with Crippen LogP contribution in [0.4, 0.5) is 5.69 Å². The Morgan fingerprint density at radius 3 is 2.56 bits per heavy atom. The summed E-state index contributed by atoms with van der Waals surface area (Å²) in [6.45, 7) is 1.99. The molecule has 0 bridgehead atoms. The van der Waals surface area contributed by atoms with Crippen LogP contribution in [-0.4, -0.2) is 13.4 Å². The van der Waals surface area contributed by atoms with E-state index in [0.717, 1.165) is 11.1 Å². The molecule has 3 aromatic carbocycles. The fourth-order valence-electron chi connectivity index (χ4n) is 2.70. The van der Waals surface area contributed by atoms with Gasteiger partial charge in [0, 0.05) is 16.3 Å². The lowest BCUT2D eigenvalue weighted by Gasteiger charge is -2.09. The third-order valence-corrected chi connectivity index (χ3v) is 5.68. The van der Waals surface area contributed by atoms with Crippen LogP contribution in [0.2, 0.25) is 5.02 Å². The highest BCUT2D eigenvalue weighted by atomic mass is 35.5. The number of hydrogen-bond donors (Lipinski definition) is 1. The third-order valence-electron chi connectivity index (χ3n) is 4.03. The van der Waals surface area contributed by atoms with Crippen LogP contribution in [-0.2, 0) is 10.0 Å². The molecule has 27 heavy (non-hydrogen) atoms. The Balaban J connectivity index is 1.66. The third kappa shape index (κ3) is 3.67. The molecule has 1 aromatic heterocycles. The van der Waals surface area contributed by atoms with Gasteiger partial charge in [-0.3, -0.25) is 4.72 Å². The van der Waals surface area contributed by atoms with Gasteiger partial charge < -0.3 is 4.42 Å². The average Bonchev–Trinajstić information content (AvgIpc) is 3.05. The maximum atomic E-state index is 12.5. The summed E-state index contributed by atoms with van der Waals surface area (Å²) < 4.78 is 33.4. The average molecular weight is 399 g/mol. The molecular formula is C20H15ClN2O3S. The van der Waals surface area contributed by atoms with E-state index in [1.807, 2.05) is 31.2 Å². The van der Waals surface area contributed by atoms with E-state index >= 15 is 0 Å². The summed E-state index contributed by atoms with van der Waals surface area (Å²) >= 11 is 5.82. The molecule has 0 saturated heterocycles. The molecule has 4 rings (SSSR count). The smallest absolute Gasteiger partial charge is 0.261 e. The predicted molar refractivity (Wildman–Crippen MR) is 106 cm³/mol. The van der Waals surface area contributed by atoms with E-state index in [2.05, 4.69) is 9.71 Å². The van der Waals surface area contributed by atoms with E-state index in [1.54, 1.807) is 18.2 Å². The molecule has 1 heterocycles. The van der Waals surface area contributed by atoms with E-state index in [1.165, 1.54) is 24.3 Å². The number of nitrogens with one attached hydrogen (secondary N) is 1. The lowest BCUT2D eigenvalue weighted by molar-refractivity contribution is 0.601. The molecule has 0 fully saturated rings. The van der Waals surface area contributed by atoms with Gasteiger partial charge in [-0.2, -0.15) is 0 Å². The minimum Gasteiger partial charge on any atom is -0.436 e. The fraction of sp³-hybridized carbons (Fsp3) is 0.0500. The number of sulfonamides is 1. The van der Waals surface area contributed by atoms with Crippen molar-refractivity contribution in [2.24, 2.45) is 0 Å². The van der Waals surface area contributed by atoms with E-state index < -0.39 is 10.0 Å². The van der Waals surface area contributed by atoms with E-state index in [0.29, 0.717) is 27.7 Å². The molecule has 0 radical (unpaired) electrons. The summed E-state index contributed by atoms with van der Waals surface area (Å²) in [5.41, 5.74) is 3.63. The zero-order valence-electron chi connectivity index (χ0n) is 14.3. The standard InChI is InChI=1S/C20H15ClN2O3S/c1-13-5-10-19-18(11-13)22-20(26-19)14-3-2-4-16(12-14)23-27(24,25)17-8-6-15(21)7-9-17/h2-12,23H,1H3. The summed E-state index contributed by atoms with van der Waals surface area (Å²) in [4.78, 5) is 4.62. The number of aromatic nitrogens is 1. The van der Waals surface area contributed by atoms with Crippen molar-refractivity contribution in [2.75, 3.05) is 4.72 Å². The van der Waals surface area contributed by atoms with Crippen LogP contribution in [0.3, 0.4) is 0 Å². The molecule has 0 spiro atoms. The maximum Gasteiger partial charge on any atom is 0.261 e. The van der Waals surface area contributed by atoms with Crippen molar-refractivity contribution in [1.82, 2.24) is 4.98 Å². The van der Waals surface area contributed by atoms with Crippen molar-refractivity contribution in [2.45, 2.75) is 11.8 Å². The normalized spacial score (nSPS) is 11.6. The van der Waals surface area contributed by atoms with E-state index in [-0.39, 0.29) is 4.90 Å². The van der Waals surface area contributed by atoms with Crippen LogP contribution >= 0.6 is 11.6 Å². The lowest BCUT2D eigenvalue weighted by Crippen LogP contribution is -2.12. The number of aryl methyl sites for hydroxylation is 1. The van der Waals surface area contributed by atoms with Gasteiger partial charge in [-0.15, -0.1) is 0 Å². The fourth-order valence-corrected chi connectivity index (χ4v) is 3.88. The summed E-state index contributed by atoms with van der Waals surface area (Å²) in [5.74, 6) is 0.433. The van der Waals surface area contributed by atoms with Gasteiger partial charge in [0.2, 0.25) is 5.89 Å². The second-order valence-corrected chi connectivity index (χ2v) is 8.25. The summed E-state index contributed by atoms with van der Waals surface area (Å²) in [7, 11) is -3.72. The maximum absolute atomic E-state index is 12.5. The summed E-state index contributed by atoms with van der Waals surface area (Å²) in [6.07, 6.45) is 0. The van der Waals surface area contributed by atoms with Crippen LogP contribution in [0, 0.1) is 6.92 Å². The number of fused-ring (bicyclic) bond motifs is 1. The Morgan fingerprint density at radius 2 is 1.78 bits per heavy atom. The van der Waals surface area contributed by atoms with Crippen molar-refractivity contribution in [3.05, 3.63) is 77.3 Å². The molecule has 0 atom stereocenters. The van der Waals surface area contributed by atoms with Crippen molar-refractivity contribution in [3.63, 3.8) is 0 Å². The SMILES string of the molecule is Cc1ccc2oc(-c3cccc(NS(=O)(=O)c4ccc(Cl)cc4)c3)nc2c1. The van der Waals surface area contributed by atoms with Crippen LogP contribution < -0.4 is 4.72 Å². The summed E-state index contributed by atoms with van der Waals surface area (Å²) in [6, 6.07) is 18.7. The van der Waals surface area contributed by atoms with Gasteiger partial charge in [-0.1, -0.05) is 23.7 Å². The quantitative estimate of drug-likeness (QED) is 0.509. The van der Waals surface area contributed by atoms with Gasteiger partial charge in [0.15, 0.2) is 5.58 Å². The largest absolute Gasteiger partial charge is 0.436 e. The minimum absolute atomic E-state index is 0.134. The van der Waals surface area contributed by atoms with Gasteiger partial charge in [0.1, 0.15) is 5.52 Å². The van der Waals surface area contributed by atoms with Crippen molar-refractivity contribution >= 4 is 38.4 Å². The molecule has 0 aliphatic rings. The predicted octanol–water partition coefficient (Wildman–Crippen LogP) is 5.26. The van der Waals surface area contributed by atoms with E-state index in [9.17, 15) is 8.42 Å². The van der Waals surface area contributed by atoms with Gasteiger partial charge in [-0.25, -0.2) is 13.4 Å². The molecule has 0 aliphatic heterocycles. The molecule has 5 nitrogen and oxygen atoms in total. The monoisotopic (exact) mass is 398 g/mol. The first-order valence-electron chi connectivity index (χ1n) is 8.17. The van der Waals surface area contributed by atoms with Crippen molar-refractivity contribution in [3.8, 4) is 11.5 Å². The van der Waals surface area contributed by atoms with Crippen LogP contribution in [0.1, 0.15) is 5.56 Å². The van der Waals surface area contributed by atoms with Crippen molar-refractivity contribution in [1.29, 1.82) is 0 Å². The summed E-state index contributed by atoms with van der Waals surface area (Å²) in [5, 5.41) is 0.474. The van der Waals surface area contributed by atoms with Gasteiger partial charge in [0.05, 0.1) is 4.90 Å². The van der Waals surface area contributed by atoms with E-state index in [4.69, 9.17) is 16.0 Å². The topological polar surface area (TPSA) is 72.2 Å². The van der Waals surface area contributed by atoms with Gasteiger partial charge in [-0.05, 0) is 67.1 Å². The Bertz CT molecular complexity index is 1230. The Hall–Kier alpha value is -2.83. The number of hydrogen-bond acceptors (Lipinski definition) is 4. The molecule has 0 aliphatic carbocycles. The number of oxazole rings is 1. The van der Waals surface area contributed by atoms with Crippen LogP contribution in [0.25, 0.3) is 22.6 Å². The highest BCUT2D eigenvalue weighted by molar-refractivity contribution is 7.92. The van der Waals surface area contributed by atoms with Crippen molar-refractivity contribution < 1.29 is 12.8 Å².